The molecular formula is C16H25ClN2O3. The number of carbonyl (C=O) groups excluding carboxylic acids is 1. The van der Waals surface area contributed by atoms with E-state index in [0.29, 0.717) is 18.9 Å². The fourth-order valence-electron chi connectivity index (χ4n) is 2.51. The van der Waals surface area contributed by atoms with Crippen LogP contribution in [0, 0.1) is 5.92 Å². The van der Waals surface area contributed by atoms with Gasteiger partial charge in [0, 0.05) is 13.1 Å². The van der Waals surface area contributed by atoms with Gasteiger partial charge in [-0.25, -0.2) is 0 Å². The van der Waals surface area contributed by atoms with Gasteiger partial charge in [-0.3, -0.25) is 4.79 Å². The predicted molar refractivity (Wildman–Crippen MR) is 88.9 cm³/mol. The fraction of sp³-hybridized carbons (Fsp3) is 0.562. The molecule has 124 valence electrons. The first-order chi connectivity index (χ1) is 10.2. The Bertz CT molecular complexity index is 476. The SMILES string of the molecule is CCOc1ccc(CNC(=O)C2CCCNC2)cc1OC.Cl. The van der Waals surface area contributed by atoms with Crippen LogP contribution in [-0.2, 0) is 11.3 Å². The third-order valence-electron chi connectivity index (χ3n) is 3.66. The Hall–Kier alpha value is -1.46. The Morgan fingerprint density at radius 3 is 2.86 bits per heavy atom. The summed E-state index contributed by atoms with van der Waals surface area (Å²) in [5.74, 6) is 1.63. The molecule has 0 aliphatic carbocycles. The van der Waals surface area contributed by atoms with E-state index in [0.717, 1.165) is 37.2 Å². The van der Waals surface area contributed by atoms with Gasteiger partial charge in [-0.05, 0) is 44.0 Å². The number of hydrogen-bond acceptors (Lipinski definition) is 4. The number of rotatable bonds is 6. The zero-order valence-electron chi connectivity index (χ0n) is 13.2. The zero-order chi connectivity index (χ0) is 15.1. The van der Waals surface area contributed by atoms with E-state index in [1.54, 1.807) is 7.11 Å². The molecule has 6 heteroatoms. The summed E-state index contributed by atoms with van der Waals surface area (Å²) in [6.07, 6.45) is 2.03. The van der Waals surface area contributed by atoms with E-state index >= 15 is 0 Å². The zero-order valence-corrected chi connectivity index (χ0v) is 14.0. The first-order valence-corrected chi connectivity index (χ1v) is 7.52. The Labute approximate surface area is 138 Å². The summed E-state index contributed by atoms with van der Waals surface area (Å²) in [7, 11) is 1.62. The minimum atomic E-state index is 0. The molecule has 0 spiro atoms. The molecule has 1 fully saturated rings. The van der Waals surface area contributed by atoms with E-state index in [1.165, 1.54) is 0 Å². The van der Waals surface area contributed by atoms with Crippen LogP contribution in [0.5, 0.6) is 11.5 Å². The van der Waals surface area contributed by atoms with E-state index < -0.39 is 0 Å². The Morgan fingerprint density at radius 1 is 1.41 bits per heavy atom. The minimum absolute atomic E-state index is 0. The number of carbonyl (C=O) groups is 1. The van der Waals surface area contributed by atoms with Crippen LogP contribution in [0.3, 0.4) is 0 Å². The molecular weight excluding hydrogens is 304 g/mol. The lowest BCUT2D eigenvalue weighted by Gasteiger charge is -2.22. The molecule has 1 saturated heterocycles. The molecule has 2 N–H and O–H groups in total. The largest absolute Gasteiger partial charge is 0.493 e. The second-order valence-electron chi connectivity index (χ2n) is 5.18. The average molecular weight is 329 g/mol. The number of nitrogens with one attached hydrogen (secondary N) is 2. The van der Waals surface area contributed by atoms with Crippen molar-refractivity contribution in [2.75, 3.05) is 26.8 Å². The van der Waals surface area contributed by atoms with Crippen LogP contribution < -0.4 is 20.1 Å². The molecule has 1 amide bonds. The molecule has 0 bridgehead atoms. The van der Waals surface area contributed by atoms with E-state index in [2.05, 4.69) is 10.6 Å². The summed E-state index contributed by atoms with van der Waals surface area (Å²) in [5.41, 5.74) is 1.01. The average Bonchev–Trinajstić information content (AvgIpc) is 2.54. The van der Waals surface area contributed by atoms with E-state index in [1.807, 2.05) is 25.1 Å². The van der Waals surface area contributed by atoms with Crippen molar-refractivity contribution in [1.29, 1.82) is 0 Å². The van der Waals surface area contributed by atoms with Crippen molar-refractivity contribution in [2.24, 2.45) is 5.92 Å². The Kier molecular flexibility index (Phi) is 8.06. The molecule has 1 aromatic rings. The van der Waals surface area contributed by atoms with Crippen LogP contribution in [0.2, 0.25) is 0 Å². The minimum Gasteiger partial charge on any atom is -0.493 e. The number of piperidine rings is 1. The second kappa shape index (κ2) is 9.54. The van der Waals surface area contributed by atoms with Crippen LogP contribution in [0.15, 0.2) is 18.2 Å². The summed E-state index contributed by atoms with van der Waals surface area (Å²) >= 11 is 0. The van der Waals surface area contributed by atoms with Crippen molar-refractivity contribution < 1.29 is 14.3 Å². The number of methoxy groups -OCH3 is 1. The van der Waals surface area contributed by atoms with Crippen molar-refractivity contribution in [3.05, 3.63) is 23.8 Å². The van der Waals surface area contributed by atoms with E-state index in [4.69, 9.17) is 9.47 Å². The van der Waals surface area contributed by atoms with Gasteiger partial charge in [0.15, 0.2) is 11.5 Å². The second-order valence-corrected chi connectivity index (χ2v) is 5.18. The lowest BCUT2D eigenvalue weighted by molar-refractivity contribution is -0.125. The number of amides is 1. The smallest absolute Gasteiger partial charge is 0.224 e. The maximum absolute atomic E-state index is 12.1. The van der Waals surface area contributed by atoms with Crippen molar-refractivity contribution in [2.45, 2.75) is 26.3 Å². The summed E-state index contributed by atoms with van der Waals surface area (Å²) in [5, 5.41) is 6.25. The monoisotopic (exact) mass is 328 g/mol. The lowest BCUT2D eigenvalue weighted by atomic mass is 9.99. The number of ether oxygens (including phenoxy) is 2. The number of benzene rings is 1. The van der Waals surface area contributed by atoms with Gasteiger partial charge in [-0.2, -0.15) is 0 Å². The van der Waals surface area contributed by atoms with Crippen molar-refractivity contribution in [3.63, 3.8) is 0 Å². The first kappa shape index (κ1) is 18.6. The molecule has 0 radical (unpaired) electrons. The van der Waals surface area contributed by atoms with Gasteiger partial charge in [0.2, 0.25) is 5.91 Å². The number of halogens is 1. The molecule has 1 unspecified atom stereocenters. The van der Waals surface area contributed by atoms with Crippen LogP contribution in [-0.4, -0.2) is 32.7 Å². The van der Waals surface area contributed by atoms with Crippen LogP contribution >= 0.6 is 12.4 Å². The standard InChI is InChI=1S/C16H24N2O3.ClH/c1-3-21-14-7-6-12(9-15(14)20-2)10-18-16(19)13-5-4-8-17-11-13;/h6-7,9,13,17H,3-5,8,10-11H2,1-2H3,(H,18,19);1H. The summed E-state index contributed by atoms with van der Waals surface area (Å²) in [4.78, 5) is 12.1. The van der Waals surface area contributed by atoms with Gasteiger partial charge in [0.05, 0.1) is 19.6 Å². The molecule has 1 aliphatic heterocycles. The fourth-order valence-corrected chi connectivity index (χ4v) is 2.51. The van der Waals surface area contributed by atoms with Gasteiger partial charge in [-0.1, -0.05) is 6.07 Å². The van der Waals surface area contributed by atoms with Gasteiger partial charge < -0.3 is 20.1 Å². The molecule has 22 heavy (non-hydrogen) atoms. The van der Waals surface area contributed by atoms with Crippen molar-refractivity contribution in [1.82, 2.24) is 10.6 Å². The van der Waals surface area contributed by atoms with Crippen LogP contribution in [0.1, 0.15) is 25.3 Å². The third-order valence-corrected chi connectivity index (χ3v) is 3.66. The normalized spacial score (nSPS) is 17.3. The first-order valence-electron chi connectivity index (χ1n) is 7.52. The third kappa shape index (κ3) is 5.07. The van der Waals surface area contributed by atoms with Gasteiger partial charge in [0.1, 0.15) is 0 Å². The van der Waals surface area contributed by atoms with E-state index in [9.17, 15) is 4.79 Å². The summed E-state index contributed by atoms with van der Waals surface area (Å²) < 4.78 is 10.8. The predicted octanol–water partition coefficient (Wildman–Crippen LogP) is 2.13. The highest BCUT2D eigenvalue weighted by Crippen LogP contribution is 2.28. The van der Waals surface area contributed by atoms with Gasteiger partial charge in [-0.15, -0.1) is 12.4 Å². The molecule has 2 rings (SSSR count). The van der Waals surface area contributed by atoms with Gasteiger partial charge in [0.25, 0.3) is 0 Å². The molecule has 0 saturated carbocycles. The number of hydrogen-bond donors (Lipinski definition) is 2. The van der Waals surface area contributed by atoms with E-state index in [-0.39, 0.29) is 24.2 Å². The van der Waals surface area contributed by atoms with Crippen LogP contribution in [0.25, 0.3) is 0 Å². The highest BCUT2D eigenvalue weighted by atomic mass is 35.5. The highest BCUT2D eigenvalue weighted by Gasteiger charge is 2.20. The molecule has 0 aromatic heterocycles. The summed E-state index contributed by atoms with van der Waals surface area (Å²) in [6, 6.07) is 5.74. The molecule has 5 nitrogen and oxygen atoms in total. The maximum Gasteiger partial charge on any atom is 0.224 e. The molecule has 1 atom stereocenters. The van der Waals surface area contributed by atoms with Gasteiger partial charge >= 0.3 is 0 Å². The summed E-state index contributed by atoms with van der Waals surface area (Å²) in [6.45, 7) is 4.84. The highest BCUT2D eigenvalue weighted by molar-refractivity contribution is 5.85. The van der Waals surface area contributed by atoms with Crippen molar-refractivity contribution in [3.8, 4) is 11.5 Å². The Morgan fingerprint density at radius 2 is 2.23 bits per heavy atom. The maximum atomic E-state index is 12.1. The quantitative estimate of drug-likeness (QED) is 0.840. The molecule has 1 aromatic carbocycles. The molecule has 1 aliphatic rings. The molecule has 1 heterocycles. The lowest BCUT2D eigenvalue weighted by Crippen LogP contribution is -2.40. The Balaban J connectivity index is 0.00000242. The topological polar surface area (TPSA) is 59.6 Å². The van der Waals surface area contributed by atoms with Crippen LogP contribution in [0.4, 0.5) is 0 Å². The van der Waals surface area contributed by atoms with Crippen molar-refractivity contribution >= 4 is 18.3 Å².